The highest BCUT2D eigenvalue weighted by Crippen LogP contribution is 2.36. The second-order valence-corrected chi connectivity index (χ2v) is 12.5. The van der Waals surface area contributed by atoms with Gasteiger partial charge in [0.2, 0.25) is 10.0 Å². The van der Waals surface area contributed by atoms with Crippen molar-refractivity contribution in [2.45, 2.75) is 50.5 Å². The van der Waals surface area contributed by atoms with Crippen LogP contribution in [0.4, 0.5) is 5.69 Å². The summed E-state index contributed by atoms with van der Waals surface area (Å²) in [7, 11) is -1.98. The van der Waals surface area contributed by atoms with Crippen LogP contribution in [0, 0.1) is 5.41 Å². The molecule has 1 N–H and O–H groups in total. The van der Waals surface area contributed by atoms with E-state index in [1.807, 2.05) is 12.1 Å². The monoisotopic (exact) mass is 565 g/mol. The molecule has 0 radical (unpaired) electrons. The summed E-state index contributed by atoms with van der Waals surface area (Å²) >= 11 is 7.05. The van der Waals surface area contributed by atoms with Crippen LogP contribution in [0.15, 0.2) is 26.0 Å². The SMILES string of the molecule is COCC(C)(C)CCNS(=O)(=O)c1c(Br)cc(N2CCCN3CCCC3C2)cc1Br. The number of hydrogen-bond acceptors (Lipinski definition) is 5. The van der Waals surface area contributed by atoms with Crippen molar-refractivity contribution in [3.63, 3.8) is 0 Å². The van der Waals surface area contributed by atoms with Gasteiger partial charge in [0, 0.05) is 54.0 Å². The number of benzene rings is 1. The lowest BCUT2D eigenvalue weighted by molar-refractivity contribution is 0.0993. The number of methoxy groups -OCH3 is 1. The maximum atomic E-state index is 13.0. The van der Waals surface area contributed by atoms with Gasteiger partial charge >= 0.3 is 0 Å². The van der Waals surface area contributed by atoms with Gasteiger partial charge in [-0.3, -0.25) is 4.90 Å². The number of ether oxygens (including phenoxy) is 1. The van der Waals surface area contributed by atoms with E-state index in [-0.39, 0.29) is 10.3 Å². The average Bonchev–Trinajstić information content (AvgIpc) is 2.97. The molecular formula is C21H33Br2N3O3S. The van der Waals surface area contributed by atoms with E-state index in [4.69, 9.17) is 4.74 Å². The maximum absolute atomic E-state index is 13.0. The molecule has 0 aromatic heterocycles. The average molecular weight is 567 g/mol. The van der Waals surface area contributed by atoms with Crippen molar-refractivity contribution in [3.8, 4) is 0 Å². The molecule has 2 heterocycles. The quantitative estimate of drug-likeness (QED) is 0.510. The number of anilines is 1. The molecule has 0 aliphatic carbocycles. The lowest BCUT2D eigenvalue weighted by Crippen LogP contribution is -2.36. The third kappa shape index (κ3) is 5.98. The third-order valence-electron chi connectivity index (χ3n) is 6.05. The Morgan fingerprint density at radius 2 is 1.83 bits per heavy atom. The summed E-state index contributed by atoms with van der Waals surface area (Å²) in [5.41, 5.74) is 0.971. The fourth-order valence-corrected chi connectivity index (χ4v) is 8.07. The number of nitrogens with zero attached hydrogens (tertiary/aromatic N) is 2. The molecular weight excluding hydrogens is 534 g/mol. The molecule has 1 aromatic carbocycles. The van der Waals surface area contributed by atoms with Crippen molar-refractivity contribution in [2.75, 3.05) is 51.3 Å². The smallest absolute Gasteiger partial charge is 0.242 e. The van der Waals surface area contributed by atoms with Gasteiger partial charge in [-0.25, -0.2) is 13.1 Å². The summed E-state index contributed by atoms with van der Waals surface area (Å²) < 4.78 is 35.1. The first-order valence-corrected chi connectivity index (χ1v) is 13.7. The molecule has 2 saturated heterocycles. The first-order chi connectivity index (χ1) is 14.1. The van der Waals surface area contributed by atoms with Crippen molar-refractivity contribution < 1.29 is 13.2 Å². The van der Waals surface area contributed by atoms with Gasteiger partial charge in [-0.2, -0.15) is 0 Å². The summed E-state index contributed by atoms with van der Waals surface area (Å²) in [6.07, 6.45) is 4.34. The lowest BCUT2D eigenvalue weighted by atomic mass is 9.91. The maximum Gasteiger partial charge on any atom is 0.242 e. The number of fused-ring (bicyclic) bond motifs is 1. The zero-order valence-corrected chi connectivity index (χ0v) is 22.1. The summed E-state index contributed by atoms with van der Waals surface area (Å²) in [5, 5.41) is 0. The van der Waals surface area contributed by atoms with Crippen LogP contribution in [0.25, 0.3) is 0 Å². The molecule has 9 heteroatoms. The molecule has 0 spiro atoms. The Labute approximate surface area is 198 Å². The summed E-state index contributed by atoms with van der Waals surface area (Å²) in [4.78, 5) is 5.24. The Morgan fingerprint density at radius 1 is 1.17 bits per heavy atom. The second kappa shape index (κ2) is 10.2. The van der Waals surface area contributed by atoms with Crippen molar-refractivity contribution in [1.29, 1.82) is 0 Å². The van der Waals surface area contributed by atoms with E-state index >= 15 is 0 Å². The van der Waals surface area contributed by atoms with Crippen molar-refractivity contribution in [2.24, 2.45) is 5.41 Å². The first kappa shape index (κ1) is 24.5. The van der Waals surface area contributed by atoms with Crippen LogP contribution in [0.5, 0.6) is 0 Å². The highest BCUT2D eigenvalue weighted by molar-refractivity contribution is 9.11. The topological polar surface area (TPSA) is 61.9 Å². The highest BCUT2D eigenvalue weighted by atomic mass is 79.9. The third-order valence-corrected chi connectivity index (χ3v) is 9.39. The number of nitrogens with one attached hydrogen (secondary N) is 1. The van der Waals surface area contributed by atoms with Gasteiger partial charge in [-0.1, -0.05) is 13.8 Å². The number of halogens is 2. The van der Waals surface area contributed by atoms with E-state index < -0.39 is 10.0 Å². The van der Waals surface area contributed by atoms with E-state index in [1.165, 1.54) is 19.4 Å². The van der Waals surface area contributed by atoms with Crippen LogP contribution >= 0.6 is 31.9 Å². The zero-order valence-electron chi connectivity index (χ0n) is 18.1. The highest BCUT2D eigenvalue weighted by Gasteiger charge is 2.30. The summed E-state index contributed by atoms with van der Waals surface area (Å²) in [6.45, 7) is 9.43. The molecule has 0 amide bonds. The molecule has 1 unspecified atom stereocenters. The molecule has 0 bridgehead atoms. The van der Waals surface area contributed by atoms with Gasteiger partial charge < -0.3 is 9.64 Å². The number of sulfonamides is 1. The van der Waals surface area contributed by atoms with E-state index in [0.29, 0.717) is 34.6 Å². The van der Waals surface area contributed by atoms with Gasteiger partial charge in [0.05, 0.1) is 6.61 Å². The molecule has 2 aliphatic rings. The Morgan fingerprint density at radius 3 is 2.50 bits per heavy atom. The van der Waals surface area contributed by atoms with Crippen molar-refractivity contribution in [3.05, 3.63) is 21.1 Å². The summed E-state index contributed by atoms with van der Waals surface area (Å²) in [5.74, 6) is 0. The molecule has 2 fully saturated rings. The van der Waals surface area contributed by atoms with Crippen LogP contribution in [0.2, 0.25) is 0 Å². The molecule has 3 rings (SSSR count). The Bertz CT molecular complexity index is 825. The van der Waals surface area contributed by atoms with Crippen LogP contribution in [0.1, 0.15) is 39.5 Å². The van der Waals surface area contributed by atoms with Crippen LogP contribution in [-0.4, -0.2) is 65.8 Å². The van der Waals surface area contributed by atoms with E-state index in [9.17, 15) is 8.42 Å². The fraction of sp³-hybridized carbons (Fsp3) is 0.714. The predicted molar refractivity (Wildman–Crippen MR) is 129 cm³/mol. The summed E-state index contributed by atoms with van der Waals surface area (Å²) in [6, 6.07) is 4.49. The Kier molecular flexibility index (Phi) is 8.29. The predicted octanol–water partition coefficient (Wildman–Crippen LogP) is 4.23. The van der Waals surface area contributed by atoms with Crippen LogP contribution in [0.3, 0.4) is 0 Å². The second-order valence-electron chi connectivity index (χ2n) is 9.12. The molecule has 30 heavy (non-hydrogen) atoms. The van der Waals surface area contributed by atoms with Crippen molar-refractivity contribution >= 4 is 47.6 Å². The van der Waals surface area contributed by atoms with E-state index in [1.54, 1.807) is 7.11 Å². The zero-order chi connectivity index (χ0) is 21.9. The minimum absolute atomic E-state index is 0.0868. The largest absolute Gasteiger partial charge is 0.384 e. The fourth-order valence-electron chi connectivity index (χ4n) is 4.49. The van der Waals surface area contributed by atoms with Gasteiger partial charge in [0.1, 0.15) is 4.90 Å². The van der Waals surface area contributed by atoms with Gasteiger partial charge in [-0.05, 0) is 81.6 Å². The molecule has 0 saturated carbocycles. The lowest BCUT2D eigenvalue weighted by Gasteiger charge is -2.28. The number of hydrogen-bond donors (Lipinski definition) is 1. The minimum atomic E-state index is -3.64. The minimum Gasteiger partial charge on any atom is -0.384 e. The normalized spacial score (nSPS) is 21.0. The first-order valence-electron chi connectivity index (χ1n) is 10.6. The Balaban J connectivity index is 1.73. The Hall–Kier alpha value is -0.190. The number of rotatable bonds is 8. The standard InChI is InChI=1S/C21H33Br2N3O3S/c1-21(2,15-29-3)7-8-24-30(27,28)20-18(22)12-17(13-19(20)23)26-11-5-10-25-9-4-6-16(25)14-26/h12-13,16,24H,4-11,14-15H2,1-3H3. The molecule has 1 aromatic rings. The van der Waals surface area contributed by atoms with Crippen LogP contribution in [-0.2, 0) is 14.8 Å². The van der Waals surface area contributed by atoms with E-state index in [2.05, 4.69) is 60.2 Å². The molecule has 1 atom stereocenters. The van der Waals surface area contributed by atoms with Crippen molar-refractivity contribution in [1.82, 2.24) is 9.62 Å². The molecule has 2 aliphatic heterocycles. The van der Waals surface area contributed by atoms with E-state index in [0.717, 1.165) is 31.7 Å². The van der Waals surface area contributed by atoms with Crippen LogP contribution < -0.4 is 9.62 Å². The van der Waals surface area contributed by atoms with Gasteiger partial charge in [-0.15, -0.1) is 0 Å². The van der Waals surface area contributed by atoms with Gasteiger partial charge in [0.15, 0.2) is 0 Å². The van der Waals surface area contributed by atoms with Gasteiger partial charge in [0.25, 0.3) is 0 Å². The molecule has 170 valence electrons. The molecule has 6 nitrogen and oxygen atoms in total.